The van der Waals surface area contributed by atoms with Crippen LogP contribution in [0.25, 0.3) is 0 Å². The van der Waals surface area contributed by atoms with E-state index in [-0.39, 0.29) is 18.7 Å². The van der Waals surface area contributed by atoms with Gasteiger partial charge >= 0.3 is 5.30 Å². The van der Waals surface area contributed by atoms with Crippen molar-refractivity contribution in [2.45, 2.75) is 20.0 Å². The van der Waals surface area contributed by atoms with E-state index in [0.29, 0.717) is 28.9 Å². The summed E-state index contributed by atoms with van der Waals surface area (Å²) in [6.45, 7) is 1.54. The van der Waals surface area contributed by atoms with Gasteiger partial charge in [-0.25, -0.2) is 4.79 Å². The average Bonchev–Trinajstić information content (AvgIpc) is 2.45. The van der Waals surface area contributed by atoms with Crippen LogP contribution in [0.2, 0.25) is 0 Å². The maximum atomic E-state index is 11.4. The second kappa shape index (κ2) is 8.25. The number of hydrogen-bond acceptors (Lipinski definition) is 7. The summed E-state index contributed by atoms with van der Waals surface area (Å²) in [4.78, 5) is 32.0. The zero-order valence-corrected chi connectivity index (χ0v) is 12.5. The molecule has 0 unspecified atom stereocenters. The first-order valence-corrected chi connectivity index (χ1v) is 7.03. The Morgan fingerprint density at radius 1 is 1.48 bits per heavy atom. The van der Waals surface area contributed by atoms with Crippen molar-refractivity contribution in [2.24, 2.45) is 0 Å². The molecule has 0 bridgehead atoms. The van der Waals surface area contributed by atoms with Crippen molar-refractivity contribution in [1.29, 1.82) is 0 Å². The van der Waals surface area contributed by atoms with Crippen molar-refractivity contribution in [3.8, 4) is 5.75 Å². The Morgan fingerprint density at radius 3 is 2.76 bits per heavy atom. The highest BCUT2D eigenvalue weighted by Crippen LogP contribution is 2.29. The van der Waals surface area contributed by atoms with Crippen molar-refractivity contribution in [1.82, 2.24) is 0 Å². The summed E-state index contributed by atoms with van der Waals surface area (Å²) in [6.07, 6.45) is 0.958. The third-order valence-electron chi connectivity index (χ3n) is 2.59. The highest BCUT2D eigenvalue weighted by atomic mass is 32.2. The van der Waals surface area contributed by atoms with Crippen LogP contribution in [0, 0.1) is 17.0 Å². The van der Waals surface area contributed by atoms with Crippen molar-refractivity contribution >= 4 is 29.0 Å². The Bertz CT molecular complexity index is 546. The van der Waals surface area contributed by atoms with Gasteiger partial charge < -0.3 is 14.3 Å². The maximum Gasteiger partial charge on any atom is 0.367 e. The molecule has 0 fully saturated rings. The summed E-state index contributed by atoms with van der Waals surface area (Å²) in [5, 5.41) is 10.5. The molecular weight excluding hydrogens is 298 g/mol. The van der Waals surface area contributed by atoms with E-state index in [1.807, 2.05) is 0 Å². The van der Waals surface area contributed by atoms with Crippen molar-refractivity contribution < 1.29 is 24.0 Å². The fourth-order valence-electron chi connectivity index (χ4n) is 1.61. The summed E-state index contributed by atoms with van der Waals surface area (Å²) < 4.78 is 9.99. The Morgan fingerprint density at radius 2 is 2.19 bits per heavy atom. The summed E-state index contributed by atoms with van der Waals surface area (Å²) in [6, 6.07) is 2.86. The first-order chi connectivity index (χ1) is 9.99. The molecule has 0 saturated heterocycles. The van der Waals surface area contributed by atoms with Crippen LogP contribution >= 0.6 is 11.8 Å². The van der Waals surface area contributed by atoms with Crippen LogP contribution in [-0.2, 0) is 16.1 Å². The molecule has 0 aliphatic rings. The molecule has 0 saturated carbocycles. The summed E-state index contributed by atoms with van der Waals surface area (Å²) in [5.41, 5.74) is 0.841. The van der Waals surface area contributed by atoms with Crippen LogP contribution in [0.1, 0.15) is 17.5 Å². The number of thioether (sulfide) groups is 1. The predicted molar refractivity (Wildman–Crippen MR) is 77.7 cm³/mol. The van der Waals surface area contributed by atoms with E-state index < -0.39 is 10.2 Å². The van der Waals surface area contributed by atoms with Gasteiger partial charge in [-0.05, 0) is 30.3 Å². The number of aryl methyl sites for hydroxylation is 1. The van der Waals surface area contributed by atoms with E-state index in [9.17, 15) is 19.7 Å². The molecule has 0 spiro atoms. The van der Waals surface area contributed by atoms with Crippen LogP contribution in [-0.4, -0.2) is 29.4 Å². The number of benzene rings is 1. The molecule has 0 aromatic heterocycles. The Kier molecular flexibility index (Phi) is 6.67. The van der Waals surface area contributed by atoms with Crippen LogP contribution < -0.4 is 4.74 Å². The van der Waals surface area contributed by atoms with Crippen LogP contribution in [0.5, 0.6) is 5.75 Å². The molecule has 0 atom stereocenters. The summed E-state index contributed by atoms with van der Waals surface area (Å²) >= 11 is 0.859. The van der Waals surface area contributed by atoms with Gasteiger partial charge in [-0.1, -0.05) is 0 Å². The number of carbonyl (C=O) groups excluding carboxylic acids is 2. The molecule has 0 aliphatic heterocycles. The normalized spacial score (nSPS) is 10.0. The van der Waals surface area contributed by atoms with Gasteiger partial charge in [0.2, 0.25) is 0 Å². The first-order valence-electron chi connectivity index (χ1n) is 6.04. The lowest BCUT2D eigenvalue weighted by atomic mass is 10.1. The van der Waals surface area contributed by atoms with E-state index in [1.54, 1.807) is 13.0 Å². The minimum absolute atomic E-state index is 0.164. The number of nitrogens with zero attached hydrogens (tertiary/aromatic N) is 1. The lowest BCUT2D eigenvalue weighted by Gasteiger charge is -2.09. The van der Waals surface area contributed by atoms with E-state index in [1.165, 1.54) is 13.2 Å². The van der Waals surface area contributed by atoms with Crippen LogP contribution in [0.4, 0.5) is 10.5 Å². The molecule has 21 heavy (non-hydrogen) atoms. The fraction of sp³-hybridized carbons (Fsp3) is 0.385. The maximum absolute atomic E-state index is 11.4. The molecular formula is C13H15NO6S. The summed E-state index contributed by atoms with van der Waals surface area (Å²) in [5.74, 6) is 0.726. The molecule has 0 aliphatic carbocycles. The SMILES string of the molecule is COc1cc([N+](=O)[O-])c(COC(=O)SCCC=O)cc1C. The standard InChI is InChI=1S/C13H15NO6S/c1-9-6-10(8-20-13(16)21-5-3-4-15)11(14(17)18)7-12(9)19-2/h4,6-7H,3,5,8H2,1-2H3. The number of ether oxygens (including phenoxy) is 2. The third kappa shape index (κ3) is 5.07. The van der Waals surface area contributed by atoms with E-state index in [2.05, 4.69) is 0 Å². The number of carbonyl (C=O) groups is 2. The van der Waals surface area contributed by atoms with Gasteiger partial charge in [-0.15, -0.1) is 0 Å². The number of rotatable bonds is 7. The van der Waals surface area contributed by atoms with Gasteiger partial charge in [0, 0.05) is 12.2 Å². The molecule has 1 rings (SSSR count). The Hall–Kier alpha value is -2.09. The number of nitro benzene ring substituents is 1. The average molecular weight is 313 g/mol. The number of methoxy groups -OCH3 is 1. The first kappa shape index (κ1) is 17.0. The molecule has 8 heteroatoms. The predicted octanol–water partition coefficient (Wildman–Crippen LogP) is 2.87. The number of aldehydes is 1. The fourth-order valence-corrected chi connectivity index (χ4v) is 2.13. The monoisotopic (exact) mass is 313 g/mol. The van der Waals surface area contributed by atoms with Crippen LogP contribution in [0.3, 0.4) is 0 Å². The van der Waals surface area contributed by atoms with Crippen molar-refractivity contribution in [3.05, 3.63) is 33.4 Å². The molecule has 0 radical (unpaired) electrons. The zero-order chi connectivity index (χ0) is 15.8. The summed E-state index contributed by atoms with van der Waals surface area (Å²) in [7, 11) is 1.43. The van der Waals surface area contributed by atoms with Gasteiger partial charge in [-0.2, -0.15) is 0 Å². The lowest BCUT2D eigenvalue weighted by Crippen LogP contribution is -2.04. The third-order valence-corrected chi connectivity index (χ3v) is 3.39. The quantitative estimate of drug-likeness (QED) is 0.251. The van der Waals surface area contributed by atoms with Crippen LogP contribution in [0.15, 0.2) is 12.1 Å². The molecule has 1 aromatic carbocycles. The van der Waals surface area contributed by atoms with Gasteiger partial charge in [-0.3, -0.25) is 10.1 Å². The molecule has 0 N–H and O–H groups in total. The van der Waals surface area contributed by atoms with E-state index in [4.69, 9.17) is 9.47 Å². The molecule has 0 amide bonds. The minimum Gasteiger partial charge on any atom is -0.496 e. The number of nitro groups is 1. The van der Waals surface area contributed by atoms with Gasteiger partial charge in [0.1, 0.15) is 18.6 Å². The Labute approximate surface area is 125 Å². The minimum atomic E-state index is -0.570. The Balaban J connectivity index is 2.78. The highest BCUT2D eigenvalue weighted by molar-refractivity contribution is 8.13. The lowest BCUT2D eigenvalue weighted by molar-refractivity contribution is -0.385. The largest absolute Gasteiger partial charge is 0.496 e. The molecule has 1 aromatic rings. The van der Waals surface area contributed by atoms with E-state index in [0.717, 1.165) is 11.8 Å². The van der Waals surface area contributed by atoms with Gasteiger partial charge in [0.25, 0.3) is 5.69 Å². The van der Waals surface area contributed by atoms with E-state index >= 15 is 0 Å². The van der Waals surface area contributed by atoms with Crippen molar-refractivity contribution in [2.75, 3.05) is 12.9 Å². The zero-order valence-electron chi connectivity index (χ0n) is 11.7. The second-order valence-electron chi connectivity index (χ2n) is 4.05. The molecule has 114 valence electrons. The topological polar surface area (TPSA) is 95.7 Å². The van der Waals surface area contributed by atoms with Gasteiger partial charge in [0.05, 0.1) is 23.7 Å². The highest BCUT2D eigenvalue weighted by Gasteiger charge is 2.18. The van der Waals surface area contributed by atoms with Gasteiger partial charge in [0.15, 0.2) is 0 Å². The number of hydrogen-bond donors (Lipinski definition) is 0. The smallest absolute Gasteiger partial charge is 0.367 e. The van der Waals surface area contributed by atoms with Crippen molar-refractivity contribution in [3.63, 3.8) is 0 Å². The molecule has 7 nitrogen and oxygen atoms in total. The second-order valence-corrected chi connectivity index (χ2v) is 5.08. The molecule has 0 heterocycles.